The molecule has 2 unspecified atom stereocenters. The first-order valence-corrected chi connectivity index (χ1v) is 4.63. The molecule has 0 rings (SSSR count). The quantitative estimate of drug-likeness (QED) is 0.510. The molecule has 0 amide bonds. The number of nitriles is 1. The van der Waals surface area contributed by atoms with Gasteiger partial charge in [-0.05, 0) is 11.5 Å². The zero-order chi connectivity index (χ0) is 10.3. The van der Waals surface area contributed by atoms with Crippen molar-refractivity contribution in [3.05, 3.63) is 0 Å². The molecule has 0 heterocycles. The van der Waals surface area contributed by atoms with Gasteiger partial charge in [0.05, 0.1) is 13.7 Å². The highest BCUT2D eigenvalue weighted by atomic mass is 31.1. The fourth-order valence-corrected chi connectivity index (χ4v) is 1.11. The van der Waals surface area contributed by atoms with Gasteiger partial charge in [0, 0.05) is 0 Å². The first-order chi connectivity index (χ1) is 6.15. The van der Waals surface area contributed by atoms with Crippen molar-refractivity contribution in [1.29, 1.82) is 5.26 Å². The summed E-state index contributed by atoms with van der Waals surface area (Å²) in [5.41, 5.74) is 0. The Morgan fingerprint density at radius 3 is 2.69 bits per heavy atom. The Morgan fingerprint density at radius 1 is 1.69 bits per heavy atom. The van der Waals surface area contributed by atoms with Crippen LogP contribution < -0.4 is 0 Å². The number of carbonyl (C=O) groups is 1. The fraction of sp³-hybridized carbons (Fsp3) is 0.667. The number of rotatable bonds is 4. The second-order valence-electron chi connectivity index (χ2n) is 1.76. The molecule has 0 aliphatic carbocycles. The number of ether oxygens (including phenoxy) is 2. The molecule has 13 heavy (non-hydrogen) atoms. The molecule has 0 aliphatic heterocycles. The molecule has 0 spiro atoms. The van der Waals surface area contributed by atoms with E-state index in [0.29, 0.717) is 0 Å². The van der Waals surface area contributed by atoms with Crippen LogP contribution in [0.1, 0.15) is 6.92 Å². The summed E-state index contributed by atoms with van der Waals surface area (Å²) >= 11 is 0. The zero-order valence-corrected chi connectivity index (χ0v) is 8.11. The number of carbonyl (C=O) groups excluding carboxylic acids is 1. The van der Waals surface area contributed by atoms with E-state index in [9.17, 15) is 9.36 Å². The molecule has 7 heteroatoms. The normalized spacial score (nSPS) is 12.5. The van der Waals surface area contributed by atoms with E-state index in [0.717, 1.165) is 7.11 Å². The van der Waals surface area contributed by atoms with Crippen LogP contribution in [0.5, 0.6) is 0 Å². The SMILES string of the molecule is CCO[P+](=O)C(C#N)OC(=O)OC. The van der Waals surface area contributed by atoms with E-state index in [-0.39, 0.29) is 6.61 Å². The van der Waals surface area contributed by atoms with Gasteiger partial charge in [-0.25, -0.2) is 4.79 Å². The lowest BCUT2D eigenvalue weighted by molar-refractivity contribution is 0.0707. The van der Waals surface area contributed by atoms with Crippen LogP contribution in [0.25, 0.3) is 0 Å². The van der Waals surface area contributed by atoms with Crippen molar-refractivity contribution in [2.45, 2.75) is 12.8 Å². The van der Waals surface area contributed by atoms with Gasteiger partial charge in [-0.1, -0.05) is 0 Å². The minimum atomic E-state index is -2.32. The Labute approximate surface area is 76.3 Å². The van der Waals surface area contributed by atoms with Gasteiger partial charge in [-0.2, -0.15) is 5.26 Å². The average molecular weight is 206 g/mol. The number of hydrogen-bond acceptors (Lipinski definition) is 6. The second kappa shape index (κ2) is 6.35. The Morgan fingerprint density at radius 2 is 2.31 bits per heavy atom. The lowest BCUT2D eigenvalue weighted by atomic mass is 10.8. The van der Waals surface area contributed by atoms with Crippen molar-refractivity contribution < 1.29 is 23.4 Å². The average Bonchev–Trinajstić information content (AvgIpc) is 2.14. The first-order valence-electron chi connectivity index (χ1n) is 3.39. The van der Waals surface area contributed by atoms with Gasteiger partial charge >= 0.3 is 20.0 Å². The van der Waals surface area contributed by atoms with Crippen LogP contribution in [-0.4, -0.2) is 25.7 Å². The fourth-order valence-electron chi connectivity index (χ4n) is 0.451. The molecule has 0 aliphatic rings. The molecule has 6 nitrogen and oxygen atoms in total. The smallest absolute Gasteiger partial charge is 0.437 e. The summed E-state index contributed by atoms with van der Waals surface area (Å²) in [5.74, 6) is -1.41. The molecule has 0 saturated carbocycles. The van der Waals surface area contributed by atoms with Crippen LogP contribution >= 0.6 is 8.03 Å². The molecule has 0 aromatic rings. The van der Waals surface area contributed by atoms with E-state index in [1.54, 1.807) is 6.92 Å². The highest BCUT2D eigenvalue weighted by Gasteiger charge is 2.36. The maximum Gasteiger partial charge on any atom is 0.570 e. The summed E-state index contributed by atoms with van der Waals surface area (Å²) in [6.45, 7) is 1.79. The third kappa shape index (κ3) is 4.41. The van der Waals surface area contributed by atoms with E-state index in [2.05, 4.69) is 14.0 Å². The predicted octanol–water partition coefficient (Wildman–Crippen LogP) is 1.40. The lowest BCUT2D eigenvalue weighted by Crippen LogP contribution is -2.13. The Balaban J connectivity index is 4.12. The third-order valence-electron chi connectivity index (χ3n) is 0.933. The molecular formula is C6H9NO5P+. The van der Waals surface area contributed by atoms with E-state index in [4.69, 9.17) is 5.26 Å². The molecule has 0 radical (unpaired) electrons. The van der Waals surface area contributed by atoms with Crippen LogP contribution in [0, 0.1) is 11.3 Å². The molecule has 0 saturated heterocycles. The minimum Gasteiger partial charge on any atom is -0.437 e. The second-order valence-corrected chi connectivity index (χ2v) is 3.05. The standard InChI is InChI=1S/C6H9NO5P/c1-3-11-13(9)5(4-7)12-6(8)10-2/h5H,3H2,1-2H3/q+1. The Kier molecular flexibility index (Phi) is 5.77. The van der Waals surface area contributed by atoms with Gasteiger partial charge in [-0.3, -0.25) is 0 Å². The number of hydrogen-bond donors (Lipinski definition) is 0. The molecular weight excluding hydrogens is 197 g/mol. The van der Waals surface area contributed by atoms with Crippen LogP contribution in [0.2, 0.25) is 0 Å². The summed E-state index contributed by atoms with van der Waals surface area (Å²) in [7, 11) is -1.23. The number of nitrogens with zero attached hydrogens (tertiary/aromatic N) is 1. The van der Waals surface area contributed by atoms with Gasteiger partial charge in [-0.15, -0.1) is 4.52 Å². The van der Waals surface area contributed by atoms with E-state index in [1.807, 2.05) is 0 Å². The molecule has 0 N–H and O–H groups in total. The van der Waals surface area contributed by atoms with Crippen molar-refractivity contribution in [3.63, 3.8) is 0 Å². The minimum absolute atomic E-state index is 0.178. The van der Waals surface area contributed by atoms with E-state index >= 15 is 0 Å². The number of methoxy groups -OCH3 is 1. The first kappa shape index (κ1) is 11.8. The van der Waals surface area contributed by atoms with E-state index in [1.165, 1.54) is 6.07 Å². The van der Waals surface area contributed by atoms with Crippen LogP contribution in [0.4, 0.5) is 4.79 Å². The van der Waals surface area contributed by atoms with Crippen molar-refractivity contribution in [2.75, 3.05) is 13.7 Å². The third-order valence-corrected chi connectivity index (χ3v) is 2.05. The van der Waals surface area contributed by atoms with E-state index < -0.39 is 20.0 Å². The predicted molar refractivity (Wildman–Crippen MR) is 42.1 cm³/mol. The highest BCUT2D eigenvalue weighted by molar-refractivity contribution is 7.40. The monoisotopic (exact) mass is 206 g/mol. The van der Waals surface area contributed by atoms with Crippen molar-refractivity contribution in [3.8, 4) is 6.07 Å². The maximum atomic E-state index is 11.0. The molecule has 2 atom stereocenters. The van der Waals surface area contributed by atoms with Crippen LogP contribution in [0.15, 0.2) is 0 Å². The van der Waals surface area contributed by atoms with Gasteiger partial charge in [0.2, 0.25) is 0 Å². The summed E-state index contributed by atoms with van der Waals surface area (Å²) in [4.78, 5) is 10.5. The highest BCUT2D eigenvalue weighted by Crippen LogP contribution is 2.29. The summed E-state index contributed by atoms with van der Waals surface area (Å²) in [6.07, 6.45) is -1.06. The van der Waals surface area contributed by atoms with Gasteiger partial charge in [0.25, 0.3) is 0 Å². The molecule has 72 valence electrons. The molecule has 0 bridgehead atoms. The van der Waals surface area contributed by atoms with Crippen LogP contribution in [-0.2, 0) is 18.6 Å². The van der Waals surface area contributed by atoms with Crippen molar-refractivity contribution >= 4 is 14.2 Å². The Hall–Kier alpha value is -1.18. The summed E-state index contributed by atoms with van der Waals surface area (Å²) in [5, 5.41) is 8.42. The molecule has 0 fully saturated rings. The van der Waals surface area contributed by atoms with Gasteiger partial charge < -0.3 is 9.47 Å². The Bertz CT molecular complexity index is 236. The zero-order valence-electron chi connectivity index (χ0n) is 7.22. The maximum absolute atomic E-state index is 11.0. The van der Waals surface area contributed by atoms with Crippen molar-refractivity contribution in [1.82, 2.24) is 0 Å². The summed E-state index contributed by atoms with van der Waals surface area (Å²) < 4.78 is 24.0. The van der Waals surface area contributed by atoms with Crippen LogP contribution in [0.3, 0.4) is 0 Å². The van der Waals surface area contributed by atoms with Crippen molar-refractivity contribution in [2.24, 2.45) is 0 Å². The topological polar surface area (TPSA) is 85.6 Å². The lowest BCUT2D eigenvalue weighted by Gasteiger charge is -1.98. The molecule has 0 aromatic carbocycles. The summed E-state index contributed by atoms with van der Waals surface area (Å²) in [6, 6.07) is 1.52. The largest absolute Gasteiger partial charge is 0.570 e. The van der Waals surface area contributed by atoms with Gasteiger partial charge in [0.15, 0.2) is 6.07 Å². The van der Waals surface area contributed by atoms with Gasteiger partial charge in [0.1, 0.15) is 0 Å². The molecule has 0 aromatic heterocycles.